The molecule has 0 saturated heterocycles. The Bertz CT molecular complexity index is 1590. The molecule has 0 unspecified atom stereocenters. The number of pyridine rings is 1. The molecule has 0 radical (unpaired) electrons. The summed E-state index contributed by atoms with van der Waals surface area (Å²) < 4.78 is 13.5. The normalized spacial score (nSPS) is 17.2. The number of carbonyl (C=O) groups is 1. The van der Waals surface area contributed by atoms with Gasteiger partial charge in [0.2, 0.25) is 5.95 Å². The quantitative estimate of drug-likeness (QED) is 0.0867. The molecule has 246 valence electrons. The van der Waals surface area contributed by atoms with Crippen molar-refractivity contribution in [2.75, 3.05) is 17.2 Å². The SMILES string of the molecule is CC(C)(C)OC(=O)CC1CCC(Nc2ncc3c(-c4cccc(NCc5ccccc5)n4)nn(COCC[Si](C)(C)C)c3n2)CC1. The first kappa shape index (κ1) is 33.5. The van der Waals surface area contributed by atoms with Crippen molar-refractivity contribution in [1.29, 1.82) is 0 Å². The number of nitrogens with one attached hydrogen (secondary N) is 2. The number of anilines is 2. The number of hydrogen-bond acceptors (Lipinski definition) is 9. The molecule has 2 N–H and O–H groups in total. The number of ether oxygens (including phenoxy) is 2. The highest BCUT2D eigenvalue weighted by Gasteiger charge is 2.26. The van der Waals surface area contributed by atoms with Crippen LogP contribution in [0.25, 0.3) is 22.4 Å². The Morgan fingerprint density at radius 3 is 2.48 bits per heavy atom. The van der Waals surface area contributed by atoms with Gasteiger partial charge in [0.05, 0.1) is 11.1 Å². The number of esters is 1. The Hall–Kier alpha value is -3.83. The highest BCUT2D eigenvalue weighted by atomic mass is 28.3. The predicted octanol–water partition coefficient (Wildman–Crippen LogP) is 7.52. The predicted molar refractivity (Wildman–Crippen MR) is 186 cm³/mol. The lowest BCUT2D eigenvalue weighted by molar-refractivity contribution is -0.156. The summed E-state index contributed by atoms with van der Waals surface area (Å²) in [4.78, 5) is 26.9. The lowest BCUT2D eigenvalue weighted by Gasteiger charge is -2.29. The van der Waals surface area contributed by atoms with Crippen molar-refractivity contribution >= 4 is 36.8 Å². The third-order valence-corrected chi connectivity index (χ3v) is 9.77. The summed E-state index contributed by atoms with van der Waals surface area (Å²) in [6, 6.07) is 17.5. The fraction of sp³-hybridized carbons (Fsp3) is 0.514. The largest absolute Gasteiger partial charge is 0.460 e. The van der Waals surface area contributed by atoms with E-state index >= 15 is 0 Å². The Morgan fingerprint density at radius 1 is 1.00 bits per heavy atom. The van der Waals surface area contributed by atoms with Gasteiger partial charge in [-0.1, -0.05) is 56.0 Å². The van der Waals surface area contributed by atoms with E-state index < -0.39 is 13.7 Å². The van der Waals surface area contributed by atoms with Crippen molar-refractivity contribution in [1.82, 2.24) is 24.7 Å². The molecular weight excluding hydrogens is 595 g/mol. The molecule has 3 aromatic heterocycles. The zero-order valence-corrected chi connectivity index (χ0v) is 29.2. The van der Waals surface area contributed by atoms with Crippen LogP contribution < -0.4 is 10.6 Å². The van der Waals surface area contributed by atoms with Crippen molar-refractivity contribution in [2.24, 2.45) is 5.92 Å². The zero-order chi connectivity index (χ0) is 32.7. The van der Waals surface area contributed by atoms with E-state index in [1.165, 1.54) is 5.56 Å². The second kappa shape index (κ2) is 14.7. The van der Waals surface area contributed by atoms with Gasteiger partial charge in [0.15, 0.2) is 5.65 Å². The molecule has 0 amide bonds. The molecule has 10 nitrogen and oxygen atoms in total. The minimum atomic E-state index is -1.23. The van der Waals surface area contributed by atoms with Crippen LogP contribution >= 0.6 is 0 Å². The Labute approximate surface area is 273 Å². The monoisotopic (exact) mass is 643 g/mol. The van der Waals surface area contributed by atoms with Crippen LogP contribution in [0.1, 0.15) is 58.4 Å². The number of benzene rings is 1. The Kier molecular flexibility index (Phi) is 10.7. The van der Waals surface area contributed by atoms with E-state index in [-0.39, 0.29) is 12.0 Å². The van der Waals surface area contributed by atoms with Gasteiger partial charge in [-0.3, -0.25) is 4.79 Å². The van der Waals surface area contributed by atoms with Gasteiger partial charge in [0.25, 0.3) is 0 Å². The summed E-state index contributed by atoms with van der Waals surface area (Å²) in [5.74, 6) is 1.58. The zero-order valence-electron chi connectivity index (χ0n) is 28.2. The van der Waals surface area contributed by atoms with E-state index in [1.807, 2.05) is 68.0 Å². The molecule has 1 aliphatic rings. The number of rotatable bonds is 13. The summed E-state index contributed by atoms with van der Waals surface area (Å²) in [6.45, 7) is 14.4. The molecule has 1 fully saturated rings. The highest BCUT2D eigenvalue weighted by Crippen LogP contribution is 2.31. The molecule has 46 heavy (non-hydrogen) atoms. The molecule has 1 aliphatic carbocycles. The lowest BCUT2D eigenvalue weighted by Crippen LogP contribution is -2.30. The molecule has 5 rings (SSSR count). The minimum Gasteiger partial charge on any atom is -0.460 e. The average molecular weight is 644 g/mol. The van der Waals surface area contributed by atoms with Gasteiger partial charge in [-0.15, -0.1) is 0 Å². The van der Waals surface area contributed by atoms with E-state index in [4.69, 9.17) is 29.5 Å². The topological polar surface area (TPSA) is 116 Å². The van der Waals surface area contributed by atoms with E-state index in [1.54, 1.807) is 0 Å². The smallest absolute Gasteiger partial charge is 0.306 e. The van der Waals surface area contributed by atoms with Gasteiger partial charge in [-0.25, -0.2) is 14.6 Å². The van der Waals surface area contributed by atoms with Crippen LogP contribution in [0.2, 0.25) is 25.7 Å². The van der Waals surface area contributed by atoms with Crippen LogP contribution in [-0.2, 0) is 27.5 Å². The first-order valence-corrected chi connectivity index (χ1v) is 20.2. The summed E-state index contributed by atoms with van der Waals surface area (Å²) in [7, 11) is -1.23. The van der Waals surface area contributed by atoms with Crippen LogP contribution in [-0.4, -0.2) is 57.0 Å². The molecule has 11 heteroatoms. The maximum atomic E-state index is 12.3. The number of fused-ring (bicyclic) bond motifs is 1. The molecule has 0 bridgehead atoms. The van der Waals surface area contributed by atoms with E-state index in [9.17, 15) is 4.79 Å². The van der Waals surface area contributed by atoms with E-state index in [0.29, 0.717) is 43.8 Å². The van der Waals surface area contributed by atoms with Crippen molar-refractivity contribution in [3.05, 3.63) is 60.3 Å². The number of hydrogen-bond donors (Lipinski definition) is 2. The van der Waals surface area contributed by atoms with Crippen LogP contribution in [0.15, 0.2) is 54.7 Å². The Morgan fingerprint density at radius 2 is 1.76 bits per heavy atom. The van der Waals surface area contributed by atoms with Gasteiger partial charge < -0.3 is 20.1 Å². The fourth-order valence-corrected chi connectivity index (χ4v) is 6.36. The highest BCUT2D eigenvalue weighted by molar-refractivity contribution is 6.76. The maximum absolute atomic E-state index is 12.3. The Balaban J connectivity index is 1.30. The molecule has 4 aromatic rings. The third kappa shape index (κ3) is 9.83. The standard InChI is InChI=1S/C35H49N7O3Si/c1-35(2,3)45-31(43)21-25-15-17-27(18-16-25)38-34-37-23-28-32(41-42(33(28)40-34)24-44-19-20-46(4,5)6)29-13-10-14-30(39-29)36-22-26-11-8-7-9-12-26/h7-14,23,25,27H,15-22,24H2,1-6H3,(H,36,39)(H,37,38,40). The number of carbonyl (C=O) groups excluding carboxylic acids is 1. The first-order chi connectivity index (χ1) is 21.9. The fourth-order valence-electron chi connectivity index (χ4n) is 5.60. The van der Waals surface area contributed by atoms with Crippen LogP contribution in [0.3, 0.4) is 0 Å². The molecule has 0 atom stereocenters. The first-order valence-electron chi connectivity index (χ1n) is 16.5. The van der Waals surface area contributed by atoms with Crippen molar-refractivity contribution in [3.8, 4) is 11.4 Å². The lowest BCUT2D eigenvalue weighted by atomic mass is 9.84. The summed E-state index contributed by atoms with van der Waals surface area (Å²) in [5, 5.41) is 12.7. The van der Waals surface area contributed by atoms with Crippen molar-refractivity contribution < 1.29 is 14.3 Å². The van der Waals surface area contributed by atoms with Crippen LogP contribution in [0, 0.1) is 5.92 Å². The van der Waals surface area contributed by atoms with Crippen molar-refractivity contribution in [2.45, 2.75) is 103 Å². The number of nitrogens with zero attached hydrogens (tertiary/aromatic N) is 5. The summed E-state index contributed by atoms with van der Waals surface area (Å²) >= 11 is 0. The summed E-state index contributed by atoms with van der Waals surface area (Å²) in [6.07, 6.45) is 6.14. The molecule has 0 spiro atoms. The third-order valence-electron chi connectivity index (χ3n) is 8.06. The molecule has 1 aromatic carbocycles. The van der Waals surface area contributed by atoms with Gasteiger partial charge in [-0.2, -0.15) is 10.1 Å². The van der Waals surface area contributed by atoms with Crippen LogP contribution in [0.4, 0.5) is 11.8 Å². The second-order valence-corrected chi connectivity index (χ2v) is 20.1. The maximum Gasteiger partial charge on any atom is 0.306 e. The van der Waals surface area contributed by atoms with Gasteiger partial charge >= 0.3 is 5.97 Å². The second-order valence-electron chi connectivity index (χ2n) is 14.5. The van der Waals surface area contributed by atoms with Gasteiger partial charge in [0, 0.05) is 39.9 Å². The van der Waals surface area contributed by atoms with E-state index in [0.717, 1.165) is 54.3 Å². The molecule has 3 heterocycles. The molecule has 0 aliphatic heterocycles. The molecule has 1 saturated carbocycles. The van der Waals surface area contributed by atoms with Gasteiger partial charge in [-0.05, 0) is 76.1 Å². The van der Waals surface area contributed by atoms with Crippen molar-refractivity contribution in [3.63, 3.8) is 0 Å². The molecular formula is C35H49N7O3Si. The average Bonchev–Trinajstić information content (AvgIpc) is 3.36. The van der Waals surface area contributed by atoms with Crippen LogP contribution in [0.5, 0.6) is 0 Å². The van der Waals surface area contributed by atoms with Gasteiger partial charge in [0.1, 0.15) is 23.8 Å². The minimum absolute atomic E-state index is 0.110. The van der Waals surface area contributed by atoms with E-state index in [2.05, 4.69) is 42.4 Å². The summed E-state index contributed by atoms with van der Waals surface area (Å²) in [5.41, 5.74) is 2.92. The number of aromatic nitrogens is 5.